The van der Waals surface area contributed by atoms with Crippen LogP contribution in [0.25, 0.3) is 0 Å². The van der Waals surface area contributed by atoms with Gasteiger partial charge in [0, 0.05) is 19.3 Å². The molecule has 0 atom stereocenters. The third kappa shape index (κ3) is 5.19. The second-order valence-electron chi connectivity index (χ2n) is 5.22. The molecule has 6 nitrogen and oxygen atoms in total. The van der Waals surface area contributed by atoms with Crippen LogP contribution >= 0.6 is 0 Å². The largest absolute Gasteiger partial charge is 0.421 e. The van der Waals surface area contributed by atoms with E-state index in [0.29, 0.717) is 17.7 Å². The number of esters is 1. The number of hydrogen-bond acceptors (Lipinski definition) is 5. The third-order valence-corrected chi connectivity index (χ3v) is 3.04. The molecular weight excluding hydrogens is 294 g/mol. The molecule has 0 aliphatic rings. The molecule has 0 unspecified atom stereocenters. The Morgan fingerprint density at radius 1 is 1.13 bits per heavy atom. The molecule has 23 heavy (non-hydrogen) atoms. The summed E-state index contributed by atoms with van der Waals surface area (Å²) in [5.41, 5.74) is 0.787. The molecule has 0 saturated carbocycles. The summed E-state index contributed by atoms with van der Waals surface area (Å²) < 4.78 is 5.24. The average Bonchev–Trinajstić information content (AvgIpc) is 2.55. The van der Waals surface area contributed by atoms with Gasteiger partial charge >= 0.3 is 5.97 Å². The summed E-state index contributed by atoms with van der Waals surface area (Å²) >= 11 is 0. The molecule has 1 amide bonds. The van der Waals surface area contributed by atoms with Gasteiger partial charge in [-0.15, -0.1) is 0 Å². The molecule has 1 heterocycles. The smallest absolute Gasteiger partial charge is 0.343 e. The van der Waals surface area contributed by atoms with Crippen LogP contribution in [0.15, 0.2) is 48.8 Å². The van der Waals surface area contributed by atoms with E-state index in [4.69, 9.17) is 4.74 Å². The molecule has 0 spiro atoms. The highest BCUT2D eigenvalue weighted by Crippen LogP contribution is 2.13. The van der Waals surface area contributed by atoms with E-state index >= 15 is 0 Å². The molecule has 2 rings (SSSR count). The summed E-state index contributed by atoms with van der Waals surface area (Å²) in [6.45, 7) is 1.27. The minimum Gasteiger partial charge on any atom is -0.421 e. The maximum absolute atomic E-state index is 12.0. The van der Waals surface area contributed by atoms with Crippen LogP contribution < -0.4 is 10.1 Å². The van der Waals surface area contributed by atoms with E-state index < -0.39 is 5.97 Å². The number of amides is 1. The summed E-state index contributed by atoms with van der Waals surface area (Å²) in [4.78, 5) is 29.9. The van der Waals surface area contributed by atoms with Crippen LogP contribution in [0, 0.1) is 0 Å². The van der Waals surface area contributed by atoms with Gasteiger partial charge in [-0.05, 0) is 32.3 Å². The minimum absolute atomic E-state index is 0.235. The van der Waals surface area contributed by atoms with Crippen LogP contribution in [0.3, 0.4) is 0 Å². The Balaban J connectivity index is 1.99. The average molecular weight is 313 g/mol. The van der Waals surface area contributed by atoms with E-state index in [0.717, 1.165) is 6.54 Å². The van der Waals surface area contributed by atoms with E-state index in [-0.39, 0.29) is 11.7 Å². The van der Waals surface area contributed by atoms with Crippen molar-refractivity contribution in [2.24, 2.45) is 0 Å². The molecule has 0 aliphatic carbocycles. The zero-order valence-corrected chi connectivity index (χ0v) is 13.2. The highest BCUT2D eigenvalue weighted by atomic mass is 16.5. The number of carbonyl (C=O) groups excluding carboxylic acids is 2. The molecular formula is C17H19N3O3. The van der Waals surface area contributed by atoms with Gasteiger partial charge in [0.25, 0.3) is 5.91 Å². The van der Waals surface area contributed by atoms with E-state index in [1.54, 1.807) is 24.3 Å². The van der Waals surface area contributed by atoms with E-state index in [1.165, 1.54) is 18.5 Å². The summed E-state index contributed by atoms with van der Waals surface area (Å²) in [5.74, 6) is -0.506. The molecule has 1 aromatic carbocycles. The number of benzene rings is 1. The van der Waals surface area contributed by atoms with Gasteiger partial charge in [-0.3, -0.25) is 9.78 Å². The SMILES string of the molecule is CN(C)CCNC(=O)c1cncc(OC(=O)c2ccccc2)c1. The van der Waals surface area contributed by atoms with Gasteiger partial charge in [-0.25, -0.2) is 4.79 Å². The number of pyridine rings is 1. The number of hydrogen-bond donors (Lipinski definition) is 1. The molecule has 120 valence electrons. The number of carbonyl (C=O) groups is 2. The van der Waals surface area contributed by atoms with Gasteiger partial charge in [0.2, 0.25) is 0 Å². The van der Waals surface area contributed by atoms with Crippen molar-refractivity contribution in [1.82, 2.24) is 15.2 Å². The Morgan fingerprint density at radius 2 is 1.87 bits per heavy atom. The normalized spacial score (nSPS) is 10.4. The quantitative estimate of drug-likeness (QED) is 0.820. The van der Waals surface area contributed by atoms with Gasteiger partial charge in [-0.1, -0.05) is 18.2 Å². The molecule has 0 aliphatic heterocycles. The molecule has 2 aromatic rings. The Bertz CT molecular complexity index is 672. The van der Waals surface area contributed by atoms with Crippen molar-refractivity contribution in [3.05, 3.63) is 59.9 Å². The van der Waals surface area contributed by atoms with Crippen LogP contribution in [-0.2, 0) is 0 Å². The summed E-state index contributed by atoms with van der Waals surface area (Å²) in [6.07, 6.45) is 2.84. The Kier molecular flexibility index (Phi) is 5.82. The minimum atomic E-state index is -0.488. The fraction of sp³-hybridized carbons (Fsp3) is 0.235. The lowest BCUT2D eigenvalue weighted by molar-refractivity contribution is 0.0732. The van der Waals surface area contributed by atoms with Gasteiger partial charge in [0.15, 0.2) is 0 Å². The highest BCUT2D eigenvalue weighted by Gasteiger charge is 2.11. The van der Waals surface area contributed by atoms with Gasteiger partial charge in [0.05, 0.1) is 17.3 Å². The molecule has 0 radical (unpaired) electrons. The third-order valence-electron chi connectivity index (χ3n) is 3.04. The molecule has 0 bridgehead atoms. The molecule has 0 saturated heterocycles. The number of ether oxygens (including phenoxy) is 1. The second kappa shape index (κ2) is 8.05. The lowest BCUT2D eigenvalue weighted by atomic mass is 10.2. The zero-order valence-electron chi connectivity index (χ0n) is 13.2. The van der Waals surface area contributed by atoms with Gasteiger partial charge in [-0.2, -0.15) is 0 Å². The summed E-state index contributed by atoms with van der Waals surface area (Å²) in [6, 6.07) is 10.1. The Labute approximate surface area is 135 Å². The maximum Gasteiger partial charge on any atom is 0.343 e. The first kappa shape index (κ1) is 16.6. The maximum atomic E-state index is 12.0. The molecule has 0 fully saturated rings. The fourth-order valence-electron chi connectivity index (χ4n) is 1.83. The van der Waals surface area contributed by atoms with Gasteiger partial charge < -0.3 is 15.0 Å². The monoisotopic (exact) mass is 313 g/mol. The topological polar surface area (TPSA) is 71.5 Å². The number of likely N-dealkylation sites (N-methyl/N-ethyl adjacent to an activating group) is 1. The Hall–Kier alpha value is -2.73. The predicted molar refractivity (Wildman–Crippen MR) is 86.5 cm³/mol. The van der Waals surface area contributed by atoms with Crippen LogP contribution in [0.5, 0.6) is 5.75 Å². The van der Waals surface area contributed by atoms with E-state index in [1.807, 2.05) is 25.1 Å². The second-order valence-corrected chi connectivity index (χ2v) is 5.22. The van der Waals surface area contributed by atoms with Crippen molar-refractivity contribution < 1.29 is 14.3 Å². The van der Waals surface area contributed by atoms with Crippen LogP contribution in [-0.4, -0.2) is 48.9 Å². The van der Waals surface area contributed by atoms with E-state index in [2.05, 4.69) is 10.3 Å². The van der Waals surface area contributed by atoms with E-state index in [9.17, 15) is 9.59 Å². The van der Waals surface area contributed by atoms with Crippen LogP contribution in [0.2, 0.25) is 0 Å². The summed E-state index contributed by atoms with van der Waals surface area (Å²) in [5, 5.41) is 2.78. The first-order chi connectivity index (χ1) is 11.1. The lowest BCUT2D eigenvalue weighted by Crippen LogP contribution is -2.31. The standard InChI is InChI=1S/C17H19N3O3/c1-20(2)9-8-19-16(21)14-10-15(12-18-11-14)23-17(22)13-6-4-3-5-7-13/h3-7,10-12H,8-9H2,1-2H3,(H,19,21). The van der Waals surface area contributed by atoms with Crippen molar-refractivity contribution >= 4 is 11.9 Å². The number of aromatic nitrogens is 1. The van der Waals surface area contributed by atoms with Crippen molar-refractivity contribution in [3.63, 3.8) is 0 Å². The predicted octanol–water partition coefficient (Wildman–Crippen LogP) is 1.59. The first-order valence-electron chi connectivity index (χ1n) is 7.21. The van der Waals surface area contributed by atoms with Gasteiger partial charge in [0.1, 0.15) is 5.75 Å². The molecule has 1 aromatic heterocycles. The number of nitrogens with zero attached hydrogens (tertiary/aromatic N) is 2. The Morgan fingerprint density at radius 3 is 2.57 bits per heavy atom. The highest BCUT2D eigenvalue weighted by molar-refractivity contribution is 5.95. The number of nitrogens with one attached hydrogen (secondary N) is 1. The van der Waals surface area contributed by atoms with Crippen molar-refractivity contribution in [2.75, 3.05) is 27.2 Å². The van der Waals surface area contributed by atoms with Crippen molar-refractivity contribution in [2.45, 2.75) is 0 Å². The summed E-state index contributed by atoms with van der Waals surface area (Å²) in [7, 11) is 3.86. The molecule has 1 N–H and O–H groups in total. The van der Waals surface area contributed by atoms with Crippen molar-refractivity contribution in [3.8, 4) is 5.75 Å². The lowest BCUT2D eigenvalue weighted by Gasteiger charge is -2.10. The number of rotatable bonds is 6. The van der Waals surface area contributed by atoms with Crippen molar-refractivity contribution in [1.29, 1.82) is 0 Å². The first-order valence-corrected chi connectivity index (χ1v) is 7.21. The van der Waals surface area contributed by atoms with Crippen LogP contribution in [0.4, 0.5) is 0 Å². The molecule has 6 heteroatoms. The fourth-order valence-corrected chi connectivity index (χ4v) is 1.83. The zero-order chi connectivity index (χ0) is 16.7. The van der Waals surface area contributed by atoms with Crippen LogP contribution in [0.1, 0.15) is 20.7 Å².